The van der Waals surface area contributed by atoms with Gasteiger partial charge in [0.25, 0.3) is 5.91 Å². The summed E-state index contributed by atoms with van der Waals surface area (Å²) < 4.78 is 5.72. The lowest BCUT2D eigenvalue weighted by Gasteiger charge is -2.35. The lowest BCUT2D eigenvalue weighted by atomic mass is 9.80. The largest absolute Gasteiger partial charge is 0.368 e. The van der Waals surface area contributed by atoms with Crippen molar-refractivity contribution < 1.29 is 9.53 Å². The number of hydrogen-bond donors (Lipinski definition) is 1. The summed E-state index contributed by atoms with van der Waals surface area (Å²) in [7, 11) is 0. The molecule has 1 N–H and O–H groups in total. The van der Waals surface area contributed by atoms with Gasteiger partial charge in [0, 0.05) is 12.4 Å². The van der Waals surface area contributed by atoms with Crippen LogP contribution in [-0.4, -0.2) is 55.8 Å². The summed E-state index contributed by atoms with van der Waals surface area (Å²) in [5.41, 5.74) is 0. The second-order valence-corrected chi connectivity index (χ2v) is 6.16. The molecule has 1 aliphatic heterocycles. The Balaban J connectivity index is 1.73. The van der Waals surface area contributed by atoms with Crippen molar-refractivity contribution in [1.29, 1.82) is 0 Å². The molecular weight excluding hydrogens is 278 g/mol. The Morgan fingerprint density at radius 2 is 2.45 bits per heavy atom. The molecule has 0 spiro atoms. The summed E-state index contributed by atoms with van der Waals surface area (Å²) in [5.74, 6) is 2.53. The minimum Gasteiger partial charge on any atom is -0.368 e. The topological polar surface area (TPSA) is 84.0 Å². The van der Waals surface area contributed by atoms with Crippen molar-refractivity contribution in [1.82, 2.24) is 25.5 Å². The standard InChI is InChI=1S/C12H19N5O2S/c1-2-19-10(8-4-3-5-8)12(18)17-7-20-6-9(17)11-13-15-16-14-11/h8-10H,2-7H2,1H3,(H,13,14,15,16). The highest BCUT2D eigenvalue weighted by Gasteiger charge is 2.41. The normalized spacial score (nSPS) is 24.6. The fourth-order valence-electron chi connectivity index (χ4n) is 2.68. The average molecular weight is 297 g/mol. The van der Waals surface area contributed by atoms with E-state index in [2.05, 4.69) is 20.6 Å². The molecule has 1 saturated carbocycles. The van der Waals surface area contributed by atoms with Crippen molar-refractivity contribution in [2.45, 2.75) is 38.3 Å². The molecule has 3 rings (SSSR count). The van der Waals surface area contributed by atoms with Crippen molar-refractivity contribution in [3.8, 4) is 0 Å². The van der Waals surface area contributed by atoms with Crippen LogP contribution >= 0.6 is 11.8 Å². The molecule has 1 aliphatic carbocycles. The van der Waals surface area contributed by atoms with E-state index in [9.17, 15) is 4.79 Å². The average Bonchev–Trinajstić information content (AvgIpc) is 3.05. The van der Waals surface area contributed by atoms with E-state index in [1.54, 1.807) is 11.8 Å². The number of carbonyl (C=O) groups is 1. The maximum absolute atomic E-state index is 12.8. The molecule has 1 aromatic heterocycles. The first-order valence-corrected chi connectivity index (χ1v) is 8.20. The number of hydrogen-bond acceptors (Lipinski definition) is 6. The zero-order valence-corrected chi connectivity index (χ0v) is 12.3. The molecule has 8 heteroatoms. The van der Waals surface area contributed by atoms with Gasteiger partial charge in [0.05, 0.1) is 5.88 Å². The first-order valence-electron chi connectivity index (χ1n) is 7.04. The molecule has 2 fully saturated rings. The van der Waals surface area contributed by atoms with Crippen LogP contribution < -0.4 is 0 Å². The van der Waals surface area contributed by atoms with Crippen LogP contribution in [0.15, 0.2) is 0 Å². The number of thioether (sulfide) groups is 1. The quantitative estimate of drug-likeness (QED) is 0.872. The molecular formula is C12H19N5O2S. The molecule has 2 aliphatic rings. The number of H-pyrrole nitrogens is 1. The predicted molar refractivity (Wildman–Crippen MR) is 73.8 cm³/mol. The molecule has 110 valence electrons. The number of amides is 1. The van der Waals surface area contributed by atoms with E-state index in [1.165, 1.54) is 6.42 Å². The van der Waals surface area contributed by atoms with Gasteiger partial charge in [0.1, 0.15) is 12.1 Å². The molecule has 0 bridgehead atoms. The molecule has 1 amide bonds. The third kappa shape index (κ3) is 2.54. The van der Waals surface area contributed by atoms with Crippen molar-refractivity contribution >= 4 is 17.7 Å². The van der Waals surface area contributed by atoms with Gasteiger partial charge in [0.15, 0.2) is 5.82 Å². The second-order valence-electron chi connectivity index (χ2n) is 5.16. The summed E-state index contributed by atoms with van der Waals surface area (Å²) in [5, 5.41) is 14.1. The van der Waals surface area contributed by atoms with Crippen LogP contribution in [0, 0.1) is 5.92 Å². The Morgan fingerprint density at radius 3 is 3.05 bits per heavy atom. The molecule has 2 heterocycles. The highest BCUT2D eigenvalue weighted by Crippen LogP contribution is 2.36. The van der Waals surface area contributed by atoms with E-state index in [0.717, 1.165) is 18.6 Å². The molecule has 2 unspecified atom stereocenters. The van der Waals surface area contributed by atoms with E-state index in [1.807, 2.05) is 11.8 Å². The number of aromatic nitrogens is 4. The molecule has 1 aromatic rings. The summed E-state index contributed by atoms with van der Waals surface area (Å²) in [4.78, 5) is 14.6. The van der Waals surface area contributed by atoms with E-state index >= 15 is 0 Å². The van der Waals surface area contributed by atoms with E-state index in [0.29, 0.717) is 24.2 Å². The highest BCUT2D eigenvalue weighted by atomic mass is 32.2. The SMILES string of the molecule is CCOC(C(=O)N1CSCC1c1nn[nH]n1)C1CCC1. The summed E-state index contributed by atoms with van der Waals surface area (Å²) >= 11 is 1.72. The Kier molecular flexibility index (Phi) is 4.21. The number of nitrogens with one attached hydrogen (secondary N) is 1. The summed E-state index contributed by atoms with van der Waals surface area (Å²) in [6.07, 6.45) is 3.07. The van der Waals surface area contributed by atoms with Crippen molar-refractivity contribution in [3.05, 3.63) is 5.82 Å². The Bertz CT molecular complexity index is 451. The predicted octanol–water partition coefficient (Wildman–Crippen LogP) is 0.979. The van der Waals surface area contributed by atoms with Crippen LogP contribution in [0.5, 0.6) is 0 Å². The summed E-state index contributed by atoms with van der Waals surface area (Å²) in [6.45, 7) is 2.51. The number of aromatic amines is 1. The second kappa shape index (κ2) is 6.09. The molecule has 7 nitrogen and oxygen atoms in total. The van der Waals surface area contributed by atoms with Crippen molar-refractivity contribution in [2.24, 2.45) is 5.92 Å². The highest BCUT2D eigenvalue weighted by molar-refractivity contribution is 7.99. The van der Waals surface area contributed by atoms with Gasteiger partial charge in [-0.2, -0.15) is 5.21 Å². The van der Waals surface area contributed by atoms with E-state index < -0.39 is 0 Å². The van der Waals surface area contributed by atoms with Gasteiger partial charge >= 0.3 is 0 Å². The van der Waals surface area contributed by atoms with Crippen LogP contribution in [0.1, 0.15) is 38.1 Å². The number of ether oxygens (including phenoxy) is 1. The minimum atomic E-state index is -0.304. The maximum atomic E-state index is 12.8. The lowest BCUT2D eigenvalue weighted by molar-refractivity contribution is -0.150. The minimum absolute atomic E-state index is 0.0800. The van der Waals surface area contributed by atoms with Crippen LogP contribution in [-0.2, 0) is 9.53 Å². The first kappa shape index (κ1) is 13.8. The third-order valence-corrected chi connectivity index (χ3v) is 5.00. The lowest BCUT2D eigenvalue weighted by Crippen LogP contribution is -2.46. The third-order valence-electron chi connectivity index (χ3n) is 3.99. The van der Waals surface area contributed by atoms with Gasteiger partial charge in [-0.05, 0) is 25.7 Å². The molecule has 2 atom stereocenters. The zero-order valence-electron chi connectivity index (χ0n) is 11.5. The van der Waals surface area contributed by atoms with Gasteiger partial charge in [-0.15, -0.1) is 22.0 Å². The fraction of sp³-hybridized carbons (Fsp3) is 0.833. The van der Waals surface area contributed by atoms with E-state index in [4.69, 9.17) is 4.74 Å². The van der Waals surface area contributed by atoms with Crippen LogP contribution in [0.3, 0.4) is 0 Å². The van der Waals surface area contributed by atoms with Gasteiger partial charge in [0.2, 0.25) is 0 Å². The Morgan fingerprint density at radius 1 is 1.60 bits per heavy atom. The van der Waals surface area contributed by atoms with Gasteiger partial charge in [-0.3, -0.25) is 4.79 Å². The van der Waals surface area contributed by atoms with Gasteiger partial charge < -0.3 is 9.64 Å². The van der Waals surface area contributed by atoms with Crippen LogP contribution in [0.25, 0.3) is 0 Å². The molecule has 0 aromatic carbocycles. The van der Waals surface area contributed by atoms with E-state index in [-0.39, 0.29) is 18.1 Å². The first-order chi connectivity index (χ1) is 9.81. The van der Waals surface area contributed by atoms with Crippen LogP contribution in [0.4, 0.5) is 0 Å². The number of tetrazole rings is 1. The smallest absolute Gasteiger partial charge is 0.253 e. The van der Waals surface area contributed by atoms with Gasteiger partial charge in [-0.1, -0.05) is 11.6 Å². The Hall–Kier alpha value is -1.15. The molecule has 0 radical (unpaired) electrons. The fourth-order valence-corrected chi connectivity index (χ4v) is 3.84. The number of carbonyl (C=O) groups excluding carboxylic acids is 1. The number of nitrogens with zero attached hydrogens (tertiary/aromatic N) is 4. The van der Waals surface area contributed by atoms with Gasteiger partial charge in [-0.25, -0.2) is 0 Å². The monoisotopic (exact) mass is 297 g/mol. The maximum Gasteiger partial charge on any atom is 0.253 e. The van der Waals surface area contributed by atoms with Crippen LogP contribution in [0.2, 0.25) is 0 Å². The van der Waals surface area contributed by atoms with Crippen molar-refractivity contribution in [2.75, 3.05) is 18.2 Å². The van der Waals surface area contributed by atoms with Crippen molar-refractivity contribution in [3.63, 3.8) is 0 Å². The molecule has 1 saturated heterocycles. The number of rotatable bonds is 5. The summed E-state index contributed by atoms with van der Waals surface area (Å²) in [6, 6.07) is -0.0886. The zero-order chi connectivity index (χ0) is 13.9. The molecule has 20 heavy (non-hydrogen) atoms. The Labute approximate surface area is 121 Å².